The Labute approximate surface area is 184 Å². The topological polar surface area (TPSA) is 74.7 Å². The summed E-state index contributed by atoms with van der Waals surface area (Å²) in [5.74, 6) is 0.268. The Morgan fingerprint density at radius 3 is 2.90 bits per heavy atom. The monoisotopic (exact) mass is 423 g/mol. The molecule has 1 unspecified atom stereocenters. The van der Waals surface area contributed by atoms with E-state index in [0.29, 0.717) is 13.2 Å². The third-order valence-electron chi connectivity index (χ3n) is 6.30. The van der Waals surface area contributed by atoms with Crippen LogP contribution in [0.4, 0.5) is 5.82 Å². The Bertz CT molecular complexity index is 884. The van der Waals surface area contributed by atoms with Crippen molar-refractivity contribution >= 4 is 11.8 Å². The van der Waals surface area contributed by atoms with Crippen molar-refractivity contribution in [3.05, 3.63) is 58.8 Å². The largest absolute Gasteiger partial charge is 0.480 e. The van der Waals surface area contributed by atoms with Crippen LogP contribution in [0.2, 0.25) is 0 Å². The first-order valence-corrected chi connectivity index (χ1v) is 11.5. The van der Waals surface area contributed by atoms with Crippen molar-refractivity contribution in [2.24, 2.45) is 0 Å². The SMILES string of the molecule is Cc1ccc(C(C(=O)O)N2CC[C@@H](OCCCCc3ccc4c(n3)NCCC4)C2)cc1. The Morgan fingerprint density at radius 1 is 1.26 bits per heavy atom. The van der Waals surface area contributed by atoms with Gasteiger partial charge in [0.1, 0.15) is 11.9 Å². The molecule has 166 valence electrons. The first kappa shape index (κ1) is 21.8. The molecule has 3 heterocycles. The highest BCUT2D eigenvalue weighted by molar-refractivity contribution is 5.75. The van der Waals surface area contributed by atoms with Crippen LogP contribution in [-0.4, -0.2) is 53.3 Å². The number of carboxylic acid groups (broad SMARTS) is 1. The van der Waals surface area contributed by atoms with Gasteiger partial charge >= 0.3 is 5.97 Å². The van der Waals surface area contributed by atoms with Crippen LogP contribution in [0.5, 0.6) is 0 Å². The van der Waals surface area contributed by atoms with Gasteiger partial charge in [0.15, 0.2) is 0 Å². The first-order chi connectivity index (χ1) is 15.1. The van der Waals surface area contributed by atoms with E-state index in [4.69, 9.17) is 9.72 Å². The van der Waals surface area contributed by atoms with Crippen molar-refractivity contribution in [2.45, 2.75) is 57.6 Å². The second-order valence-corrected chi connectivity index (χ2v) is 8.73. The predicted octanol–water partition coefficient (Wildman–Crippen LogP) is 3.99. The van der Waals surface area contributed by atoms with Crippen LogP contribution < -0.4 is 5.32 Å². The Morgan fingerprint density at radius 2 is 2.10 bits per heavy atom. The van der Waals surface area contributed by atoms with Gasteiger partial charge in [-0.1, -0.05) is 35.9 Å². The molecule has 0 amide bonds. The van der Waals surface area contributed by atoms with E-state index in [9.17, 15) is 9.90 Å². The number of aromatic nitrogens is 1. The summed E-state index contributed by atoms with van der Waals surface area (Å²) in [5.41, 5.74) is 4.44. The fraction of sp³-hybridized carbons (Fsp3) is 0.520. The number of likely N-dealkylation sites (tertiary alicyclic amines) is 1. The van der Waals surface area contributed by atoms with Gasteiger partial charge in [0, 0.05) is 31.9 Å². The predicted molar refractivity (Wildman–Crippen MR) is 121 cm³/mol. The number of benzene rings is 1. The smallest absolute Gasteiger partial charge is 0.325 e. The van der Waals surface area contributed by atoms with Crippen molar-refractivity contribution in [2.75, 3.05) is 31.6 Å². The van der Waals surface area contributed by atoms with E-state index < -0.39 is 12.0 Å². The summed E-state index contributed by atoms with van der Waals surface area (Å²) in [6.45, 7) is 5.16. The molecule has 6 nitrogen and oxygen atoms in total. The first-order valence-electron chi connectivity index (χ1n) is 11.5. The van der Waals surface area contributed by atoms with E-state index in [1.807, 2.05) is 36.1 Å². The number of aryl methyl sites for hydroxylation is 3. The molecule has 2 N–H and O–H groups in total. The molecule has 0 bridgehead atoms. The summed E-state index contributed by atoms with van der Waals surface area (Å²) in [6, 6.07) is 11.6. The average molecular weight is 424 g/mol. The molecule has 2 aliphatic rings. The van der Waals surface area contributed by atoms with Crippen molar-refractivity contribution < 1.29 is 14.6 Å². The zero-order valence-corrected chi connectivity index (χ0v) is 18.3. The number of carboxylic acids is 1. The van der Waals surface area contributed by atoms with Crippen LogP contribution >= 0.6 is 0 Å². The molecule has 4 rings (SSSR count). The second-order valence-electron chi connectivity index (χ2n) is 8.73. The number of rotatable bonds is 9. The van der Waals surface area contributed by atoms with Gasteiger partial charge in [-0.15, -0.1) is 0 Å². The highest BCUT2D eigenvalue weighted by atomic mass is 16.5. The lowest BCUT2D eigenvalue weighted by Crippen LogP contribution is -2.33. The van der Waals surface area contributed by atoms with Gasteiger partial charge in [0.25, 0.3) is 0 Å². The van der Waals surface area contributed by atoms with Gasteiger partial charge in [-0.25, -0.2) is 4.98 Å². The van der Waals surface area contributed by atoms with Crippen LogP contribution in [0.15, 0.2) is 36.4 Å². The number of ether oxygens (including phenoxy) is 1. The maximum absolute atomic E-state index is 11.9. The number of hydrogen-bond acceptors (Lipinski definition) is 5. The van der Waals surface area contributed by atoms with Gasteiger partial charge in [-0.2, -0.15) is 0 Å². The highest BCUT2D eigenvalue weighted by Gasteiger charge is 2.33. The quantitative estimate of drug-likeness (QED) is 0.594. The minimum absolute atomic E-state index is 0.110. The van der Waals surface area contributed by atoms with Crippen LogP contribution in [-0.2, 0) is 22.4 Å². The fourth-order valence-electron chi connectivity index (χ4n) is 4.55. The number of fused-ring (bicyclic) bond motifs is 1. The molecule has 1 aromatic heterocycles. The molecular weight excluding hydrogens is 390 g/mol. The second kappa shape index (κ2) is 10.2. The minimum Gasteiger partial charge on any atom is -0.480 e. The van der Waals surface area contributed by atoms with Crippen LogP contribution in [0.1, 0.15) is 54.1 Å². The standard InChI is InChI=1S/C25H33N3O3/c1-18-7-9-19(10-8-18)23(25(29)30)28-15-13-22(17-28)31-16-3-2-6-21-12-11-20-5-4-14-26-24(20)27-21/h7-12,22-23H,2-6,13-17H2,1H3,(H,26,27)(H,29,30)/t22-,23?/m1/s1. The van der Waals surface area contributed by atoms with Crippen molar-refractivity contribution in [1.82, 2.24) is 9.88 Å². The van der Waals surface area contributed by atoms with Crippen LogP contribution in [0, 0.1) is 6.92 Å². The summed E-state index contributed by atoms with van der Waals surface area (Å²) >= 11 is 0. The molecule has 2 atom stereocenters. The molecule has 0 radical (unpaired) electrons. The third-order valence-corrected chi connectivity index (χ3v) is 6.30. The zero-order valence-electron chi connectivity index (χ0n) is 18.3. The third kappa shape index (κ3) is 5.63. The van der Waals surface area contributed by atoms with Gasteiger partial charge < -0.3 is 15.2 Å². The lowest BCUT2D eigenvalue weighted by atomic mass is 10.0. The van der Waals surface area contributed by atoms with Crippen molar-refractivity contribution in [1.29, 1.82) is 0 Å². The molecular formula is C25H33N3O3. The lowest BCUT2D eigenvalue weighted by molar-refractivity contribution is -0.143. The van der Waals surface area contributed by atoms with Crippen molar-refractivity contribution in [3.63, 3.8) is 0 Å². The van der Waals surface area contributed by atoms with E-state index in [0.717, 1.165) is 67.8 Å². The molecule has 1 saturated heterocycles. The number of hydrogen-bond donors (Lipinski definition) is 2. The van der Waals surface area contributed by atoms with E-state index >= 15 is 0 Å². The van der Waals surface area contributed by atoms with Crippen LogP contribution in [0.3, 0.4) is 0 Å². The number of aliphatic carboxylic acids is 1. The normalized spacial score (nSPS) is 19.6. The van der Waals surface area contributed by atoms with Gasteiger partial charge in [-0.05, 0) is 62.6 Å². The van der Waals surface area contributed by atoms with E-state index in [2.05, 4.69) is 17.4 Å². The number of pyridine rings is 1. The summed E-state index contributed by atoms with van der Waals surface area (Å²) < 4.78 is 6.08. The maximum Gasteiger partial charge on any atom is 0.325 e. The Balaban J connectivity index is 1.20. The molecule has 0 saturated carbocycles. The van der Waals surface area contributed by atoms with Crippen molar-refractivity contribution in [3.8, 4) is 0 Å². The molecule has 2 aromatic rings. The molecule has 1 fully saturated rings. The molecule has 0 aliphatic carbocycles. The number of nitrogens with zero attached hydrogens (tertiary/aromatic N) is 2. The van der Waals surface area contributed by atoms with Gasteiger partial charge in [-0.3, -0.25) is 9.69 Å². The summed E-state index contributed by atoms with van der Waals surface area (Å²) in [5, 5.41) is 13.2. The van der Waals surface area contributed by atoms with E-state index in [1.54, 1.807) is 0 Å². The summed E-state index contributed by atoms with van der Waals surface area (Å²) in [7, 11) is 0. The van der Waals surface area contributed by atoms with Gasteiger partial charge in [0.2, 0.25) is 0 Å². The lowest BCUT2D eigenvalue weighted by Gasteiger charge is -2.24. The van der Waals surface area contributed by atoms with E-state index in [-0.39, 0.29) is 6.10 Å². The fourth-order valence-corrected chi connectivity index (χ4v) is 4.55. The molecule has 31 heavy (non-hydrogen) atoms. The molecule has 2 aliphatic heterocycles. The molecule has 6 heteroatoms. The number of nitrogens with one attached hydrogen (secondary N) is 1. The highest BCUT2D eigenvalue weighted by Crippen LogP contribution is 2.27. The van der Waals surface area contributed by atoms with E-state index in [1.165, 1.54) is 12.0 Å². The van der Waals surface area contributed by atoms with Crippen LogP contribution in [0.25, 0.3) is 0 Å². The molecule has 1 aromatic carbocycles. The number of carbonyl (C=O) groups is 1. The summed E-state index contributed by atoms with van der Waals surface area (Å²) in [6.07, 6.45) is 6.29. The average Bonchev–Trinajstić information content (AvgIpc) is 3.23. The van der Waals surface area contributed by atoms with Gasteiger partial charge in [0.05, 0.1) is 6.10 Å². The Kier molecular flexibility index (Phi) is 7.20. The number of anilines is 1. The minimum atomic E-state index is -0.795. The Hall–Kier alpha value is -2.44. The summed E-state index contributed by atoms with van der Waals surface area (Å²) in [4.78, 5) is 18.7. The zero-order chi connectivity index (χ0) is 21.6. The maximum atomic E-state index is 11.9. The molecule has 0 spiro atoms. The number of unbranched alkanes of at least 4 members (excludes halogenated alkanes) is 1.